The third-order valence-electron chi connectivity index (χ3n) is 3.91. The number of hydrogen-bond acceptors (Lipinski definition) is 5. The summed E-state index contributed by atoms with van der Waals surface area (Å²) in [6, 6.07) is 4.64. The van der Waals surface area contributed by atoms with Crippen LogP contribution in [0.3, 0.4) is 0 Å². The van der Waals surface area contributed by atoms with Gasteiger partial charge in [0, 0.05) is 19.1 Å². The van der Waals surface area contributed by atoms with E-state index in [1.807, 2.05) is 0 Å². The summed E-state index contributed by atoms with van der Waals surface area (Å²) < 4.78 is 20.3. The number of nitrogens with zero attached hydrogens (tertiary/aromatic N) is 4. The van der Waals surface area contributed by atoms with E-state index in [0.29, 0.717) is 25.4 Å². The fourth-order valence-electron chi connectivity index (χ4n) is 2.54. The van der Waals surface area contributed by atoms with Crippen LogP contribution in [0.1, 0.15) is 12.6 Å². The van der Waals surface area contributed by atoms with Crippen molar-refractivity contribution in [1.29, 1.82) is 0 Å². The smallest absolute Gasteiger partial charge is 0.141 e. The Morgan fingerprint density at radius 2 is 2.30 bits per heavy atom. The second kappa shape index (κ2) is 6.92. The highest BCUT2D eigenvalue weighted by Crippen LogP contribution is 2.19. The molecule has 1 saturated heterocycles. The van der Waals surface area contributed by atoms with Crippen LogP contribution < -0.4 is 0 Å². The van der Waals surface area contributed by atoms with Crippen LogP contribution in [0.4, 0.5) is 4.39 Å². The van der Waals surface area contributed by atoms with Crippen LogP contribution in [0.5, 0.6) is 0 Å². The third kappa shape index (κ3) is 3.69. The van der Waals surface area contributed by atoms with E-state index in [-0.39, 0.29) is 23.8 Å². The lowest BCUT2D eigenvalue weighted by Crippen LogP contribution is -2.48. The summed E-state index contributed by atoms with van der Waals surface area (Å²) in [6.45, 7) is 3.90. The van der Waals surface area contributed by atoms with Gasteiger partial charge in [-0.3, -0.25) is 4.90 Å². The summed E-state index contributed by atoms with van der Waals surface area (Å²) in [5, 5.41) is 17.5. The van der Waals surface area contributed by atoms with Crippen molar-refractivity contribution in [3.63, 3.8) is 0 Å². The van der Waals surface area contributed by atoms with E-state index in [2.05, 4.69) is 22.1 Å². The molecule has 1 aliphatic heterocycles. The molecule has 8 heteroatoms. The zero-order valence-corrected chi connectivity index (χ0v) is 13.4. The summed E-state index contributed by atoms with van der Waals surface area (Å²) in [5.74, 6) is -0.465. The van der Waals surface area contributed by atoms with E-state index >= 15 is 0 Å². The number of aliphatic hydroxyl groups excluding tert-OH is 1. The van der Waals surface area contributed by atoms with E-state index in [4.69, 9.17) is 16.3 Å². The molecule has 0 bridgehead atoms. The van der Waals surface area contributed by atoms with Crippen LogP contribution in [0.25, 0.3) is 5.69 Å². The van der Waals surface area contributed by atoms with Gasteiger partial charge in [-0.2, -0.15) is 0 Å². The van der Waals surface area contributed by atoms with Crippen molar-refractivity contribution in [1.82, 2.24) is 19.9 Å². The first kappa shape index (κ1) is 16.3. The van der Waals surface area contributed by atoms with Crippen LogP contribution >= 0.6 is 11.6 Å². The first-order valence-electron chi connectivity index (χ1n) is 7.40. The van der Waals surface area contributed by atoms with Gasteiger partial charge in [0.15, 0.2) is 0 Å². The first-order chi connectivity index (χ1) is 11.1. The lowest BCUT2D eigenvalue weighted by atomic mass is 10.2. The minimum absolute atomic E-state index is 0.00396. The second-order valence-corrected chi connectivity index (χ2v) is 6.08. The molecule has 2 aromatic rings. The molecule has 0 amide bonds. The molecule has 1 fully saturated rings. The minimum Gasteiger partial charge on any atom is -0.394 e. The van der Waals surface area contributed by atoms with Crippen molar-refractivity contribution in [2.24, 2.45) is 0 Å². The molecule has 2 atom stereocenters. The maximum atomic E-state index is 13.2. The number of benzene rings is 1. The van der Waals surface area contributed by atoms with E-state index in [9.17, 15) is 9.50 Å². The third-order valence-corrected chi connectivity index (χ3v) is 4.20. The number of morpholine rings is 1. The van der Waals surface area contributed by atoms with E-state index in [1.54, 1.807) is 16.9 Å². The average Bonchev–Trinajstić information content (AvgIpc) is 3.01. The van der Waals surface area contributed by atoms with Crippen molar-refractivity contribution in [3.05, 3.63) is 40.9 Å². The average molecular weight is 341 g/mol. The van der Waals surface area contributed by atoms with Crippen molar-refractivity contribution in [2.45, 2.75) is 25.6 Å². The number of aliphatic hydroxyl groups is 1. The number of ether oxygens (including phenoxy) is 1. The van der Waals surface area contributed by atoms with E-state index in [1.165, 1.54) is 12.1 Å². The molecule has 3 rings (SSSR count). The van der Waals surface area contributed by atoms with Gasteiger partial charge in [0.1, 0.15) is 5.82 Å². The van der Waals surface area contributed by atoms with E-state index < -0.39 is 5.82 Å². The molecule has 0 saturated carbocycles. The largest absolute Gasteiger partial charge is 0.394 e. The lowest BCUT2D eigenvalue weighted by Gasteiger charge is -2.36. The summed E-state index contributed by atoms with van der Waals surface area (Å²) in [4.78, 5) is 2.19. The van der Waals surface area contributed by atoms with Crippen molar-refractivity contribution >= 4 is 11.6 Å². The first-order valence-corrected chi connectivity index (χ1v) is 7.77. The van der Waals surface area contributed by atoms with Gasteiger partial charge in [-0.05, 0) is 25.1 Å². The van der Waals surface area contributed by atoms with Gasteiger partial charge in [-0.25, -0.2) is 9.07 Å². The number of rotatable bonds is 4. The molecule has 0 radical (unpaired) electrons. The fourth-order valence-corrected chi connectivity index (χ4v) is 2.71. The molecule has 1 aliphatic rings. The Morgan fingerprint density at radius 3 is 3.04 bits per heavy atom. The van der Waals surface area contributed by atoms with Gasteiger partial charge < -0.3 is 9.84 Å². The van der Waals surface area contributed by atoms with Gasteiger partial charge in [0.25, 0.3) is 0 Å². The van der Waals surface area contributed by atoms with Gasteiger partial charge in [0.05, 0.1) is 41.9 Å². The maximum Gasteiger partial charge on any atom is 0.141 e. The topological polar surface area (TPSA) is 63.4 Å². The molecule has 6 nitrogen and oxygen atoms in total. The quantitative estimate of drug-likeness (QED) is 0.916. The molecular weight excluding hydrogens is 323 g/mol. The minimum atomic E-state index is -0.465. The van der Waals surface area contributed by atoms with Gasteiger partial charge >= 0.3 is 0 Å². The normalized spacial score (nSPS) is 22.4. The van der Waals surface area contributed by atoms with Crippen molar-refractivity contribution in [2.75, 3.05) is 19.8 Å². The molecule has 0 unspecified atom stereocenters. The molecule has 1 aromatic carbocycles. The van der Waals surface area contributed by atoms with Gasteiger partial charge in [-0.15, -0.1) is 5.10 Å². The summed E-state index contributed by atoms with van der Waals surface area (Å²) in [7, 11) is 0. The Hall–Kier alpha value is -1.54. The van der Waals surface area contributed by atoms with Gasteiger partial charge in [0.2, 0.25) is 0 Å². The molecular formula is C15H18ClFN4O2. The number of aromatic nitrogens is 3. The molecule has 2 heterocycles. The molecule has 1 aromatic heterocycles. The molecule has 23 heavy (non-hydrogen) atoms. The highest BCUT2D eigenvalue weighted by molar-refractivity contribution is 6.30. The monoisotopic (exact) mass is 340 g/mol. The predicted molar refractivity (Wildman–Crippen MR) is 83.0 cm³/mol. The Labute approximate surface area is 138 Å². The van der Waals surface area contributed by atoms with Crippen molar-refractivity contribution in [3.8, 4) is 5.69 Å². The Kier molecular flexibility index (Phi) is 4.91. The Bertz CT molecular complexity index is 681. The van der Waals surface area contributed by atoms with Crippen LogP contribution in [0.2, 0.25) is 5.02 Å². The number of halogens is 2. The van der Waals surface area contributed by atoms with Crippen LogP contribution in [0.15, 0.2) is 24.4 Å². The second-order valence-electron chi connectivity index (χ2n) is 5.67. The SMILES string of the molecule is C[C@@H]1CO[C@@H](CO)CN1Cc1cn(-c2ccc(F)c(Cl)c2)nn1. The highest BCUT2D eigenvalue weighted by Gasteiger charge is 2.26. The molecule has 124 valence electrons. The summed E-state index contributed by atoms with van der Waals surface area (Å²) >= 11 is 5.79. The predicted octanol–water partition coefficient (Wildman–Crippen LogP) is 1.64. The zero-order chi connectivity index (χ0) is 16.4. The molecule has 1 N–H and O–H groups in total. The van der Waals surface area contributed by atoms with Gasteiger partial charge in [-0.1, -0.05) is 16.8 Å². The fraction of sp³-hybridized carbons (Fsp3) is 0.467. The Morgan fingerprint density at radius 1 is 1.48 bits per heavy atom. The standard InChI is InChI=1S/C15H18ClFN4O2/c1-10-9-23-13(8-22)7-20(10)5-11-6-21(19-18-11)12-2-3-15(17)14(16)4-12/h2-4,6,10,13,22H,5,7-9H2,1H3/t10-,13-/m1/s1. The highest BCUT2D eigenvalue weighted by atomic mass is 35.5. The molecule has 0 spiro atoms. The number of hydrogen-bond donors (Lipinski definition) is 1. The molecule has 0 aliphatic carbocycles. The zero-order valence-electron chi connectivity index (χ0n) is 12.7. The van der Waals surface area contributed by atoms with Crippen LogP contribution in [-0.2, 0) is 11.3 Å². The summed E-state index contributed by atoms with van der Waals surface area (Å²) in [6.07, 6.45) is 1.62. The van der Waals surface area contributed by atoms with Crippen LogP contribution in [-0.4, -0.2) is 56.9 Å². The van der Waals surface area contributed by atoms with E-state index in [0.717, 1.165) is 5.69 Å². The lowest BCUT2D eigenvalue weighted by molar-refractivity contribution is -0.0808. The Balaban J connectivity index is 1.72. The summed E-state index contributed by atoms with van der Waals surface area (Å²) in [5.41, 5.74) is 1.44. The van der Waals surface area contributed by atoms with Crippen LogP contribution in [0, 0.1) is 5.82 Å². The maximum absolute atomic E-state index is 13.2. The van der Waals surface area contributed by atoms with Crippen molar-refractivity contribution < 1.29 is 14.2 Å².